The van der Waals surface area contributed by atoms with Gasteiger partial charge >= 0.3 is 0 Å². The average Bonchev–Trinajstić information content (AvgIpc) is 3.00. The van der Waals surface area contributed by atoms with Crippen molar-refractivity contribution in [2.45, 2.75) is 39.3 Å². The summed E-state index contributed by atoms with van der Waals surface area (Å²) in [5.74, 6) is 0. The first kappa shape index (κ1) is 12.8. The fourth-order valence-corrected chi connectivity index (χ4v) is 3.66. The van der Waals surface area contributed by atoms with E-state index in [0.29, 0.717) is 6.04 Å². The molecule has 1 N–H and O–H groups in total. The molecule has 1 unspecified atom stereocenters. The summed E-state index contributed by atoms with van der Waals surface area (Å²) < 4.78 is 0. The number of hydrogen-bond acceptors (Lipinski definition) is 3. The molecule has 0 aliphatic heterocycles. The molecule has 17 heavy (non-hydrogen) atoms. The van der Waals surface area contributed by atoms with E-state index >= 15 is 0 Å². The monoisotopic (exact) mass is 265 g/mol. The highest BCUT2D eigenvalue weighted by Gasteiger charge is 2.09. The Hall–Kier alpha value is -0.640. The van der Waals surface area contributed by atoms with Crippen molar-refractivity contribution in [2.24, 2.45) is 0 Å². The lowest BCUT2D eigenvalue weighted by atomic mass is 10.2. The van der Waals surface area contributed by atoms with Gasteiger partial charge in [-0.2, -0.15) is 0 Å². The van der Waals surface area contributed by atoms with Crippen molar-refractivity contribution in [3.63, 3.8) is 0 Å². The summed E-state index contributed by atoms with van der Waals surface area (Å²) >= 11 is 3.76. The lowest BCUT2D eigenvalue weighted by molar-refractivity contribution is 0.529. The fraction of sp³-hybridized carbons (Fsp3) is 0.429. The van der Waals surface area contributed by atoms with Crippen LogP contribution in [0.3, 0.4) is 0 Å². The van der Waals surface area contributed by atoms with Crippen LogP contribution in [-0.2, 0) is 13.0 Å². The number of rotatable bonds is 6. The van der Waals surface area contributed by atoms with Crippen molar-refractivity contribution >= 4 is 22.7 Å². The smallest absolute Gasteiger partial charge is 0.0415 e. The van der Waals surface area contributed by atoms with Gasteiger partial charge in [0, 0.05) is 27.2 Å². The van der Waals surface area contributed by atoms with Gasteiger partial charge in [0.15, 0.2) is 0 Å². The molecule has 0 saturated heterocycles. The summed E-state index contributed by atoms with van der Waals surface area (Å²) in [6.07, 6.45) is 2.29. The van der Waals surface area contributed by atoms with Crippen molar-refractivity contribution in [2.75, 3.05) is 0 Å². The van der Waals surface area contributed by atoms with Crippen LogP contribution in [0.5, 0.6) is 0 Å². The van der Waals surface area contributed by atoms with Crippen molar-refractivity contribution in [3.05, 3.63) is 44.3 Å². The zero-order chi connectivity index (χ0) is 12.1. The van der Waals surface area contributed by atoms with Crippen LogP contribution in [0.15, 0.2) is 29.6 Å². The van der Waals surface area contributed by atoms with Gasteiger partial charge in [0.2, 0.25) is 0 Å². The minimum absolute atomic E-state index is 0.502. The zero-order valence-electron chi connectivity index (χ0n) is 10.4. The maximum atomic E-state index is 3.65. The van der Waals surface area contributed by atoms with Gasteiger partial charge < -0.3 is 5.32 Å². The maximum Gasteiger partial charge on any atom is 0.0415 e. The molecule has 2 aromatic rings. The molecule has 0 fully saturated rings. The molecule has 2 aromatic heterocycles. The second-order valence-electron chi connectivity index (χ2n) is 4.08. The van der Waals surface area contributed by atoms with E-state index in [9.17, 15) is 0 Å². The Labute approximate surface area is 112 Å². The molecular weight excluding hydrogens is 246 g/mol. The molecule has 3 heteroatoms. The predicted molar refractivity (Wildman–Crippen MR) is 77.9 cm³/mol. The third kappa shape index (κ3) is 3.41. The Bertz CT molecular complexity index is 431. The van der Waals surface area contributed by atoms with E-state index in [2.05, 4.69) is 48.8 Å². The predicted octanol–water partition coefficient (Wildman–Crippen LogP) is 4.61. The van der Waals surface area contributed by atoms with Gasteiger partial charge in [-0.15, -0.1) is 22.7 Å². The van der Waals surface area contributed by atoms with Crippen LogP contribution in [0.1, 0.15) is 40.9 Å². The van der Waals surface area contributed by atoms with E-state index in [1.54, 1.807) is 0 Å². The summed E-state index contributed by atoms with van der Waals surface area (Å²) in [7, 11) is 0. The second kappa shape index (κ2) is 6.34. The third-order valence-corrected chi connectivity index (χ3v) is 5.10. The van der Waals surface area contributed by atoms with E-state index in [-0.39, 0.29) is 0 Å². The van der Waals surface area contributed by atoms with Gasteiger partial charge in [-0.1, -0.05) is 19.9 Å². The van der Waals surface area contributed by atoms with E-state index < -0.39 is 0 Å². The lowest BCUT2D eigenvalue weighted by Crippen LogP contribution is -2.18. The lowest BCUT2D eigenvalue weighted by Gasteiger charge is -2.14. The van der Waals surface area contributed by atoms with Crippen molar-refractivity contribution in [1.29, 1.82) is 0 Å². The topological polar surface area (TPSA) is 12.0 Å². The Morgan fingerprint density at radius 1 is 1.18 bits per heavy atom. The summed E-state index contributed by atoms with van der Waals surface area (Å²) in [6.45, 7) is 5.44. The van der Waals surface area contributed by atoms with Crippen LogP contribution in [0.25, 0.3) is 0 Å². The molecule has 2 heterocycles. The van der Waals surface area contributed by atoms with Crippen LogP contribution in [0.2, 0.25) is 0 Å². The molecule has 0 saturated carbocycles. The standard InChI is InChI=1S/C14H19NS2/c1-3-11-7-8-12(17-11)10-15-13(4-2)14-6-5-9-16-14/h5-9,13,15H,3-4,10H2,1-2H3. The number of thiophene rings is 2. The molecule has 0 aromatic carbocycles. The second-order valence-corrected chi connectivity index (χ2v) is 6.31. The highest BCUT2D eigenvalue weighted by molar-refractivity contribution is 7.12. The first-order chi connectivity index (χ1) is 8.33. The van der Waals surface area contributed by atoms with Gasteiger partial charge in [-0.3, -0.25) is 0 Å². The fourth-order valence-electron chi connectivity index (χ4n) is 1.87. The van der Waals surface area contributed by atoms with Gasteiger partial charge in [0.05, 0.1) is 0 Å². The van der Waals surface area contributed by atoms with Crippen LogP contribution in [-0.4, -0.2) is 0 Å². The Morgan fingerprint density at radius 3 is 2.59 bits per heavy atom. The van der Waals surface area contributed by atoms with Crippen molar-refractivity contribution < 1.29 is 0 Å². The summed E-state index contributed by atoms with van der Waals surface area (Å²) in [5, 5.41) is 5.80. The van der Waals surface area contributed by atoms with Crippen molar-refractivity contribution in [3.8, 4) is 0 Å². The first-order valence-corrected chi connectivity index (χ1v) is 7.87. The van der Waals surface area contributed by atoms with Crippen LogP contribution < -0.4 is 5.32 Å². The molecule has 1 nitrogen and oxygen atoms in total. The van der Waals surface area contributed by atoms with Crippen molar-refractivity contribution in [1.82, 2.24) is 5.32 Å². The van der Waals surface area contributed by atoms with E-state index in [1.807, 2.05) is 22.7 Å². The quantitative estimate of drug-likeness (QED) is 0.804. The van der Waals surface area contributed by atoms with Crippen LogP contribution in [0.4, 0.5) is 0 Å². The normalized spacial score (nSPS) is 12.8. The largest absolute Gasteiger partial charge is 0.304 e. The van der Waals surface area contributed by atoms with Crippen LogP contribution >= 0.6 is 22.7 Å². The van der Waals surface area contributed by atoms with Gasteiger partial charge in [0.25, 0.3) is 0 Å². The molecule has 1 atom stereocenters. The molecular formula is C14H19NS2. The molecule has 0 aliphatic rings. The van der Waals surface area contributed by atoms with Gasteiger partial charge in [-0.05, 0) is 36.4 Å². The molecule has 0 amide bonds. The number of nitrogens with one attached hydrogen (secondary N) is 1. The van der Waals surface area contributed by atoms with E-state index in [1.165, 1.54) is 14.6 Å². The molecule has 0 aliphatic carbocycles. The molecule has 2 rings (SSSR count). The summed E-state index contributed by atoms with van der Waals surface area (Å²) in [4.78, 5) is 4.36. The Morgan fingerprint density at radius 2 is 2.00 bits per heavy atom. The Balaban J connectivity index is 1.92. The molecule has 0 radical (unpaired) electrons. The first-order valence-electron chi connectivity index (χ1n) is 6.17. The minimum Gasteiger partial charge on any atom is -0.304 e. The van der Waals surface area contributed by atoms with Gasteiger partial charge in [0.1, 0.15) is 0 Å². The highest BCUT2D eigenvalue weighted by Crippen LogP contribution is 2.23. The highest BCUT2D eigenvalue weighted by atomic mass is 32.1. The summed E-state index contributed by atoms with van der Waals surface area (Å²) in [6, 6.07) is 9.34. The zero-order valence-corrected chi connectivity index (χ0v) is 12.0. The third-order valence-electron chi connectivity index (χ3n) is 2.88. The number of aryl methyl sites for hydroxylation is 1. The molecule has 92 valence electrons. The molecule has 0 spiro atoms. The minimum atomic E-state index is 0.502. The molecule has 0 bridgehead atoms. The van der Waals surface area contributed by atoms with Gasteiger partial charge in [-0.25, -0.2) is 0 Å². The SMILES string of the molecule is CCc1ccc(CNC(CC)c2cccs2)s1. The maximum absolute atomic E-state index is 3.65. The number of hydrogen-bond donors (Lipinski definition) is 1. The Kier molecular flexibility index (Phi) is 4.77. The van der Waals surface area contributed by atoms with E-state index in [4.69, 9.17) is 0 Å². The summed E-state index contributed by atoms with van der Waals surface area (Å²) in [5.41, 5.74) is 0. The van der Waals surface area contributed by atoms with Crippen LogP contribution in [0, 0.1) is 0 Å². The average molecular weight is 265 g/mol. The van der Waals surface area contributed by atoms with E-state index in [0.717, 1.165) is 19.4 Å².